The largest absolute Gasteiger partial charge is 0.478 e. The average molecular weight is 260 g/mol. The molecule has 0 amide bonds. The van der Waals surface area contributed by atoms with Crippen LogP contribution in [0.4, 0.5) is 0 Å². The van der Waals surface area contributed by atoms with Gasteiger partial charge < -0.3 is 14.4 Å². The number of benzene rings is 1. The van der Waals surface area contributed by atoms with Crippen LogP contribution in [-0.4, -0.2) is 33.3 Å². The van der Waals surface area contributed by atoms with E-state index in [-0.39, 0.29) is 11.7 Å². The minimum Gasteiger partial charge on any atom is -0.478 e. The van der Waals surface area contributed by atoms with Gasteiger partial charge in [-0.25, -0.2) is 9.78 Å². The van der Waals surface area contributed by atoms with Gasteiger partial charge in [-0.15, -0.1) is 0 Å². The molecule has 1 atom stereocenters. The predicted molar refractivity (Wildman–Crippen MR) is 70.4 cm³/mol. The molecule has 19 heavy (non-hydrogen) atoms. The number of hydrogen-bond acceptors (Lipinski definition) is 3. The molecule has 2 aromatic rings. The van der Waals surface area contributed by atoms with Crippen molar-refractivity contribution in [2.75, 3.05) is 6.61 Å². The van der Waals surface area contributed by atoms with E-state index >= 15 is 0 Å². The first-order chi connectivity index (χ1) is 9.15. The average Bonchev–Trinajstić information content (AvgIpc) is 2.98. The van der Waals surface area contributed by atoms with E-state index in [1.165, 1.54) is 0 Å². The third-order valence-corrected chi connectivity index (χ3v) is 3.60. The Kier molecular flexibility index (Phi) is 2.98. The highest BCUT2D eigenvalue weighted by atomic mass is 16.5. The zero-order chi connectivity index (χ0) is 13.4. The fraction of sp³-hybridized carbons (Fsp3) is 0.429. The molecule has 1 aliphatic heterocycles. The maximum absolute atomic E-state index is 11.0. The summed E-state index contributed by atoms with van der Waals surface area (Å²) in [6.45, 7) is 3.56. The van der Waals surface area contributed by atoms with Crippen molar-refractivity contribution in [2.24, 2.45) is 0 Å². The summed E-state index contributed by atoms with van der Waals surface area (Å²) in [4.78, 5) is 15.4. The zero-order valence-corrected chi connectivity index (χ0v) is 10.8. The first kappa shape index (κ1) is 12.2. The molecule has 0 aliphatic carbocycles. The minimum absolute atomic E-state index is 0.246. The third kappa shape index (κ3) is 2.21. The highest BCUT2D eigenvalue weighted by Crippen LogP contribution is 2.21. The van der Waals surface area contributed by atoms with Gasteiger partial charge in [-0.3, -0.25) is 0 Å². The molecule has 2 heterocycles. The van der Waals surface area contributed by atoms with Crippen LogP contribution in [0.15, 0.2) is 18.2 Å². The first-order valence-electron chi connectivity index (χ1n) is 6.47. The number of hydrogen-bond donors (Lipinski definition) is 1. The van der Waals surface area contributed by atoms with E-state index in [1.54, 1.807) is 12.1 Å². The number of fused-ring (bicyclic) bond motifs is 1. The van der Waals surface area contributed by atoms with Crippen LogP contribution < -0.4 is 0 Å². The number of aromatic carboxylic acids is 1. The Morgan fingerprint density at radius 1 is 1.58 bits per heavy atom. The maximum Gasteiger partial charge on any atom is 0.335 e. The number of imidazole rings is 1. The van der Waals surface area contributed by atoms with E-state index in [4.69, 9.17) is 9.84 Å². The summed E-state index contributed by atoms with van der Waals surface area (Å²) in [5.41, 5.74) is 1.97. The number of aromatic nitrogens is 2. The summed E-state index contributed by atoms with van der Waals surface area (Å²) >= 11 is 0. The lowest BCUT2D eigenvalue weighted by molar-refractivity contribution is 0.0697. The van der Waals surface area contributed by atoms with Crippen molar-refractivity contribution in [3.63, 3.8) is 0 Å². The van der Waals surface area contributed by atoms with Crippen LogP contribution in [0.3, 0.4) is 0 Å². The van der Waals surface area contributed by atoms with Crippen LogP contribution >= 0.6 is 0 Å². The molecule has 1 unspecified atom stereocenters. The molecule has 1 fully saturated rings. The van der Waals surface area contributed by atoms with Gasteiger partial charge in [0.1, 0.15) is 5.82 Å². The van der Waals surface area contributed by atoms with Gasteiger partial charge in [0.05, 0.1) is 29.2 Å². The van der Waals surface area contributed by atoms with Gasteiger partial charge >= 0.3 is 5.97 Å². The Balaban J connectivity index is 1.99. The lowest BCUT2D eigenvalue weighted by atomic mass is 10.2. The lowest BCUT2D eigenvalue weighted by Gasteiger charge is -2.12. The minimum atomic E-state index is -0.923. The van der Waals surface area contributed by atoms with Crippen LogP contribution in [0.25, 0.3) is 11.0 Å². The normalized spacial score (nSPS) is 19.1. The second-order valence-electron chi connectivity index (χ2n) is 4.91. The molecule has 0 spiro atoms. The number of ether oxygens (including phenoxy) is 1. The molecule has 5 nitrogen and oxygen atoms in total. The highest BCUT2D eigenvalue weighted by Gasteiger charge is 2.19. The maximum atomic E-state index is 11.0. The monoisotopic (exact) mass is 260 g/mol. The Labute approximate surface area is 110 Å². The molecular formula is C14H16N2O3. The molecule has 1 aliphatic rings. The quantitative estimate of drug-likeness (QED) is 0.919. The molecule has 1 aromatic carbocycles. The number of carboxylic acid groups (broad SMARTS) is 1. The summed E-state index contributed by atoms with van der Waals surface area (Å²) in [6.07, 6.45) is 2.43. The topological polar surface area (TPSA) is 64.3 Å². The second kappa shape index (κ2) is 4.66. The van der Waals surface area contributed by atoms with Crippen LogP contribution in [0.1, 0.15) is 29.0 Å². The van der Waals surface area contributed by atoms with Gasteiger partial charge in [0, 0.05) is 6.61 Å². The lowest BCUT2D eigenvalue weighted by Crippen LogP contribution is -2.15. The van der Waals surface area contributed by atoms with Crippen LogP contribution in [0.2, 0.25) is 0 Å². The molecular weight excluding hydrogens is 244 g/mol. The Morgan fingerprint density at radius 3 is 3.11 bits per heavy atom. The van der Waals surface area contributed by atoms with Crippen molar-refractivity contribution in [2.45, 2.75) is 32.4 Å². The van der Waals surface area contributed by atoms with Crippen molar-refractivity contribution >= 4 is 17.0 Å². The van der Waals surface area contributed by atoms with E-state index < -0.39 is 5.97 Å². The van der Waals surface area contributed by atoms with E-state index in [0.29, 0.717) is 0 Å². The Morgan fingerprint density at radius 2 is 2.42 bits per heavy atom. The third-order valence-electron chi connectivity index (χ3n) is 3.60. The summed E-state index contributed by atoms with van der Waals surface area (Å²) in [5.74, 6) is -0.0266. The van der Waals surface area contributed by atoms with E-state index in [9.17, 15) is 4.79 Å². The van der Waals surface area contributed by atoms with E-state index in [1.807, 2.05) is 13.0 Å². The molecule has 5 heteroatoms. The number of carboxylic acids is 1. The van der Waals surface area contributed by atoms with Crippen molar-refractivity contribution in [1.82, 2.24) is 9.55 Å². The van der Waals surface area contributed by atoms with Gasteiger partial charge in [0.2, 0.25) is 0 Å². The smallest absolute Gasteiger partial charge is 0.335 e. The van der Waals surface area contributed by atoms with Gasteiger partial charge in [0.15, 0.2) is 0 Å². The van der Waals surface area contributed by atoms with Gasteiger partial charge in [-0.05, 0) is 38.0 Å². The molecule has 1 N–H and O–H groups in total. The number of aryl methyl sites for hydroxylation is 1. The van der Waals surface area contributed by atoms with E-state index in [2.05, 4.69) is 9.55 Å². The molecule has 3 rings (SSSR count). The van der Waals surface area contributed by atoms with Crippen molar-refractivity contribution in [1.29, 1.82) is 0 Å². The summed E-state index contributed by atoms with van der Waals surface area (Å²) in [5, 5.41) is 9.00. The van der Waals surface area contributed by atoms with Crippen LogP contribution in [0.5, 0.6) is 0 Å². The molecule has 1 saturated heterocycles. The summed E-state index contributed by atoms with van der Waals surface area (Å²) in [7, 11) is 0. The molecule has 0 radical (unpaired) electrons. The second-order valence-corrected chi connectivity index (χ2v) is 4.91. The van der Waals surface area contributed by atoms with Crippen LogP contribution in [0, 0.1) is 6.92 Å². The Bertz CT molecular complexity index is 627. The summed E-state index contributed by atoms with van der Waals surface area (Å²) < 4.78 is 7.76. The molecule has 100 valence electrons. The predicted octanol–water partition coefficient (Wildman–Crippen LogP) is 2.22. The fourth-order valence-electron chi connectivity index (χ4n) is 2.61. The first-order valence-corrected chi connectivity index (χ1v) is 6.47. The number of carbonyl (C=O) groups is 1. The molecule has 1 aromatic heterocycles. The van der Waals surface area contributed by atoms with Crippen LogP contribution in [-0.2, 0) is 11.3 Å². The van der Waals surface area contributed by atoms with Gasteiger partial charge in [0.25, 0.3) is 0 Å². The number of rotatable bonds is 3. The highest BCUT2D eigenvalue weighted by molar-refractivity contribution is 5.92. The zero-order valence-electron chi connectivity index (χ0n) is 10.8. The number of nitrogens with zero attached hydrogens (tertiary/aromatic N) is 2. The van der Waals surface area contributed by atoms with Crippen molar-refractivity contribution < 1.29 is 14.6 Å². The SMILES string of the molecule is Cc1nc2cc(C(=O)O)ccc2n1CC1CCCO1. The molecule has 0 saturated carbocycles. The Hall–Kier alpha value is -1.88. The summed E-state index contributed by atoms with van der Waals surface area (Å²) in [6, 6.07) is 5.07. The van der Waals surface area contributed by atoms with E-state index in [0.717, 1.165) is 42.9 Å². The van der Waals surface area contributed by atoms with Crippen molar-refractivity contribution in [3.05, 3.63) is 29.6 Å². The fourth-order valence-corrected chi connectivity index (χ4v) is 2.61. The molecule has 0 bridgehead atoms. The van der Waals surface area contributed by atoms with Gasteiger partial charge in [-0.1, -0.05) is 0 Å². The van der Waals surface area contributed by atoms with Crippen molar-refractivity contribution in [3.8, 4) is 0 Å². The van der Waals surface area contributed by atoms with Gasteiger partial charge in [-0.2, -0.15) is 0 Å². The standard InChI is InChI=1S/C14H16N2O3/c1-9-15-12-7-10(14(17)18)4-5-13(12)16(9)8-11-3-2-6-19-11/h4-5,7,11H,2-3,6,8H2,1H3,(H,17,18).